The highest BCUT2D eigenvalue weighted by molar-refractivity contribution is 5.88. The van der Waals surface area contributed by atoms with Crippen LogP contribution in [0.4, 0.5) is 5.69 Å². The predicted molar refractivity (Wildman–Crippen MR) is 92.9 cm³/mol. The van der Waals surface area contributed by atoms with E-state index in [-0.39, 0.29) is 0 Å². The van der Waals surface area contributed by atoms with Crippen molar-refractivity contribution in [3.05, 3.63) is 66.1 Å². The Hall–Kier alpha value is -2.33. The lowest BCUT2D eigenvalue weighted by Gasteiger charge is -2.40. The van der Waals surface area contributed by atoms with Crippen molar-refractivity contribution in [2.75, 3.05) is 18.3 Å². The number of nitrogens with two attached hydrogens (primary N) is 1. The molecule has 1 saturated heterocycles. The van der Waals surface area contributed by atoms with Crippen LogP contribution in [0.15, 0.2) is 60.5 Å². The van der Waals surface area contributed by atoms with Gasteiger partial charge in [0.25, 0.3) is 0 Å². The average molecular weight is 322 g/mol. The van der Waals surface area contributed by atoms with Crippen molar-refractivity contribution >= 4 is 11.6 Å². The molecule has 1 amide bonds. The Balaban J connectivity index is 2.34. The molecule has 0 aliphatic carbocycles. The molecule has 1 aliphatic rings. The number of primary amides is 1. The lowest BCUT2D eigenvalue weighted by atomic mass is 9.86. The van der Waals surface area contributed by atoms with E-state index in [1.165, 1.54) is 12.1 Å². The van der Waals surface area contributed by atoms with Crippen LogP contribution < -0.4 is 11.1 Å². The van der Waals surface area contributed by atoms with Gasteiger partial charge in [0.15, 0.2) is 0 Å². The number of nitrogens with one attached hydrogen (secondary N) is 1. The zero-order valence-corrected chi connectivity index (χ0v) is 12.0. The second-order valence-electron chi connectivity index (χ2n) is 4.78. The van der Waals surface area contributed by atoms with E-state index >= 15 is 0 Å². The summed E-state index contributed by atoms with van der Waals surface area (Å²) in [6.45, 7) is -7.41. The zero-order valence-electron chi connectivity index (χ0n) is 25.0. The number of likely N-dealkylation sites (tertiary alicyclic amines) is 1. The largest absolute Gasteiger partial charge is 0.371 e. The van der Waals surface area contributed by atoms with Gasteiger partial charge < -0.3 is 11.1 Å². The first-order chi connectivity index (χ1) is 16.3. The van der Waals surface area contributed by atoms with E-state index in [4.69, 9.17) is 23.6 Å². The number of rotatable bonds is 5. The molecule has 0 atom stereocenters. The van der Waals surface area contributed by atoms with E-state index in [9.17, 15) is 4.79 Å². The molecule has 120 valence electrons. The number of piperidine rings is 1. The Morgan fingerprint density at radius 1 is 1.22 bits per heavy atom. The molecule has 0 saturated carbocycles. The Bertz CT molecular complexity index is 1150. The molecule has 0 spiro atoms. The second kappa shape index (κ2) is 6.84. The standard InChI is InChI=1S/C19H23N3O/c20-18(23)19(21-17-9-5-2-6-10-17)11-13-22(14-12-19)15-16-7-3-1-4-8-16/h1-10,21H,11-15H2,(H2,20,23)/i2D,5D,6D,9D,10D,11D2,12D2,13D2,14D2. The second-order valence-corrected chi connectivity index (χ2v) is 4.78. The molecule has 0 radical (unpaired) electrons. The van der Waals surface area contributed by atoms with Crippen molar-refractivity contribution < 1.29 is 22.6 Å². The fraction of sp³-hybridized carbons (Fsp3) is 0.316. The quantitative estimate of drug-likeness (QED) is 0.889. The van der Waals surface area contributed by atoms with Crippen molar-refractivity contribution in [3.8, 4) is 0 Å². The third-order valence-electron chi connectivity index (χ3n) is 3.12. The zero-order chi connectivity index (χ0) is 27.6. The van der Waals surface area contributed by atoms with Gasteiger partial charge in [-0.05, 0) is 30.4 Å². The summed E-state index contributed by atoms with van der Waals surface area (Å²) in [5.74, 6) is -1.86. The van der Waals surface area contributed by atoms with Gasteiger partial charge in [-0.3, -0.25) is 9.69 Å². The molecule has 4 nitrogen and oxygen atoms in total. The third-order valence-corrected chi connectivity index (χ3v) is 3.12. The fourth-order valence-corrected chi connectivity index (χ4v) is 1.95. The van der Waals surface area contributed by atoms with Gasteiger partial charge in [-0.1, -0.05) is 48.5 Å². The van der Waals surface area contributed by atoms with Crippen LogP contribution in [0.1, 0.15) is 36.1 Å². The van der Waals surface area contributed by atoms with Gasteiger partial charge in [0.2, 0.25) is 5.91 Å². The van der Waals surface area contributed by atoms with Gasteiger partial charge in [-0.15, -0.1) is 0 Å². The summed E-state index contributed by atoms with van der Waals surface area (Å²) < 4.78 is 108. The summed E-state index contributed by atoms with van der Waals surface area (Å²) in [6.07, 6.45) is -7.31. The number of anilines is 1. The predicted octanol–water partition coefficient (Wildman–Crippen LogP) is 2.62. The fourth-order valence-electron chi connectivity index (χ4n) is 1.95. The number of nitrogens with zero attached hydrogens (tertiary/aromatic N) is 1. The van der Waals surface area contributed by atoms with Crippen LogP contribution in [0, 0.1) is 0 Å². The normalized spacial score (nSPS) is 34.5. The molecule has 2 aromatic rings. The minimum atomic E-state index is -3.65. The Morgan fingerprint density at radius 2 is 1.87 bits per heavy atom. The topological polar surface area (TPSA) is 58.4 Å². The van der Waals surface area contributed by atoms with Crippen molar-refractivity contribution in [2.24, 2.45) is 5.73 Å². The molecule has 2 aromatic carbocycles. The minimum absolute atomic E-state index is 0.306. The van der Waals surface area contributed by atoms with Gasteiger partial charge in [-0.25, -0.2) is 0 Å². The maximum Gasteiger partial charge on any atom is 0.243 e. The monoisotopic (exact) mass is 322 g/mol. The van der Waals surface area contributed by atoms with Crippen LogP contribution in [0.2, 0.25) is 0 Å². The third kappa shape index (κ3) is 3.71. The van der Waals surface area contributed by atoms with E-state index in [0.29, 0.717) is 10.5 Å². The summed E-state index contributed by atoms with van der Waals surface area (Å²) in [7, 11) is 0. The summed E-state index contributed by atoms with van der Waals surface area (Å²) in [6, 6.07) is 3.22. The van der Waals surface area contributed by atoms with Crippen molar-refractivity contribution in [3.63, 3.8) is 0 Å². The van der Waals surface area contributed by atoms with Crippen LogP contribution in [0.25, 0.3) is 0 Å². The smallest absolute Gasteiger partial charge is 0.243 e. The molecule has 0 aromatic heterocycles. The van der Waals surface area contributed by atoms with Crippen LogP contribution in [-0.4, -0.2) is 29.3 Å². The first kappa shape index (κ1) is 6.29. The van der Waals surface area contributed by atoms with Gasteiger partial charge in [0.1, 0.15) is 5.54 Å². The highest BCUT2D eigenvalue weighted by Gasteiger charge is 2.39. The van der Waals surface area contributed by atoms with Crippen LogP contribution in [0.5, 0.6) is 0 Å². The van der Waals surface area contributed by atoms with Crippen LogP contribution >= 0.6 is 0 Å². The molecular weight excluding hydrogens is 286 g/mol. The van der Waals surface area contributed by atoms with E-state index in [1.807, 2.05) is 5.32 Å². The molecule has 3 rings (SSSR count). The average Bonchev–Trinajstić information content (AvgIpc) is 2.79. The van der Waals surface area contributed by atoms with Crippen molar-refractivity contribution in [1.82, 2.24) is 4.90 Å². The molecule has 0 bridgehead atoms. The maximum atomic E-state index is 12.9. The Kier molecular flexibility index (Phi) is 1.87. The molecule has 4 heteroatoms. The molecule has 0 unspecified atom stereocenters. The van der Waals surface area contributed by atoms with Crippen molar-refractivity contribution in [2.45, 2.75) is 24.8 Å². The minimum Gasteiger partial charge on any atom is -0.371 e. The van der Waals surface area contributed by atoms with Crippen molar-refractivity contribution in [1.29, 1.82) is 0 Å². The number of hydrogen-bond donors (Lipinski definition) is 2. The maximum absolute atomic E-state index is 12.9. The molecule has 1 fully saturated rings. The van der Waals surface area contributed by atoms with Gasteiger partial charge in [0, 0.05) is 36.2 Å². The highest BCUT2D eigenvalue weighted by atomic mass is 16.1. The SMILES string of the molecule is [2H]c1c([2H])c([2H])c(NC2(C(N)=O)C([2H])([2H])C([2H])([2H])N(Cc3ccccc3)C([2H])([2H])C2([2H])[2H])c([2H])c1[2H]. The molecule has 3 N–H and O–H groups in total. The first-order valence-corrected chi connectivity index (χ1v) is 6.77. The molecule has 1 heterocycles. The Morgan fingerprint density at radius 3 is 2.48 bits per heavy atom. The van der Waals surface area contributed by atoms with E-state index in [1.54, 1.807) is 18.2 Å². The summed E-state index contributed by atoms with van der Waals surface area (Å²) in [4.78, 5) is 13.2. The van der Waals surface area contributed by atoms with Gasteiger partial charge in [0.05, 0.1) is 6.85 Å². The van der Waals surface area contributed by atoms with E-state index in [2.05, 4.69) is 0 Å². The number of benzene rings is 2. The van der Waals surface area contributed by atoms with Crippen LogP contribution in [0.3, 0.4) is 0 Å². The van der Waals surface area contributed by atoms with Gasteiger partial charge in [-0.2, -0.15) is 0 Å². The molecule has 23 heavy (non-hydrogen) atoms. The van der Waals surface area contributed by atoms with Gasteiger partial charge >= 0.3 is 0 Å². The number of hydrogen-bond acceptors (Lipinski definition) is 3. The molecule has 1 aliphatic heterocycles. The van der Waals surface area contributed by atoms with E-state index < -0.39 is 79.6 Å². The van der Waals surface area contributed by atoms with E-state index in [0.717, 1.165) is 0 Å². The number of amides is 1. The number of para-hydroxylation sites is 1. The Labute approximate surface area is 155 Å². The summed E-state index contributed by atoms with van der Waals surface area (Å²) >= 11 is 0. The first-order valence-electron chi connectivity index (χ1n) is 13.3. The lowest BCUT2D eigenvalue weighted by molar-refractivity contribution is -0.123. The highest BCUT2D eigenvalue weighted by Crippen LogP contribution is 2.27. The van der Waals surface area contributed by atoms with Crippen LogP contribution in [-0.2, 0) is 11.3 Å². The lowest BCUT2D eigenvalue weighted by Crippen LogP contribution is -2.56. The summed E-state index contributed by atoms with van der Waals surface area (Å²) in [5.41, 5.74) is 1.27. The number of carbonyl (C=O) groups excluding carboxylic acids is 1. The number of carbonyl (C=O) groups is 1. The summed E-state index contributed by atoms with van der Waals surface area (Å²) in [5, 5.41) is 1.99. The molecular formula is C19H23N3O.